The Balaban J connectivity index is 0.839. The third kappa shape index (κ3) is 10.1. The summed E-state index contributed by atoms with van der Waals surface area (Å²) in [5.74, 6) is 1.56. The Morgan fingerprint density at radius 3 is 2.42 bits per heavy atom. The van der Waals surface area contributed by atoms with Crippen molar-refractivity contribution < 1.29 is 29.3 Å². The number of rotatable bonds is 17. The van der Waals surface area contributed by atoms with E-state index in [1.165, 1.54) is 12.1 Å². The lowest BCUT2D eigenvalue weighted by Crippen LogP contribution is -2.52. The van der Waals surface area contributed by atoms with E-state index in [1.807, 2.05) is 83.8 Å². The van der Waals surface area contributed by atoms with Crippen LogP contribution in [0.2, 0.25) is 0 Å². The van der Waals surface area contributed by atoms with Gasteiger partial charge in [-0.3, -0.25) is 14.5 Å². The predicted molar refractivity (Wildman–Crippen MR) is 225 cm³/mol. The molecule has 12 nitrogen and oxygen atoms in total. The van der Waals surface area contributed by atoms with Crippen molar-refractivity contribution in [2.45, 2.75) is 57.0 Å². The Labute approximate surface area is 344 Å². The molecule has 3 aliphatic heterocycles. The summed E-state index contributed by atoms with van der Waals surface area (Å²) in [6.07, 6.45) is 3.76. The fraction of sp³-hybridized carbons (Fsp3) is 0.383. The topological polar surface area (TPSA) is 156 Å². The molecule has 0 unspecified atom stereocenters. The molecule has 308 valence electrons. The van der Waals surface area contributed by atoms with E-state index in [0.717, 1.165) is 68.6 Å². The molecule has 3 saturated heterocycles. The number of benzene rings is 4. The van der Waals surface area contributed by atoms with Crippen LogP contribution in [0.25, 0.3) is 10.9 Å². The lowest BCUT2D eigenvalue weighted by Gasteiger charge is -2.43. The number of aromatic hydroxyl groups is 1. The van der Waals surface area contributed by atoms with Crippen LogP contribution in [0.4, 0.5) is 4.79 Å². The van der Waals surface area contributed by atoms with Gasteiger partial charge in [-0.05, 0) is 122 Å². The van der Waals surface area contributed by atoms with Gasteiger partial charge < -0.3 is 40.2 Å². The smallest absolute Gasteiger partial charge is 0.408 e. The highest BCUT2D eigenvalue weighted by Gasteiger charge is 2.37. The summed E-state index contributed by atoms with van der Waals surface area (Å²) in [5.41, 5.74) is 3.96. The predicted octanol–water partition coefficient (Wildman–Crippen LogP) is 6.29. The molecular formula is C47H53N5O7. The average Bonchev–Trinajstić information content (AvgIpc) is 4.09. The van der Waals surface area contributed by atoms with Crippen molar-refractivity contribution in [2.24, 2.45) is 11.8 Å². The molecule has 0 spiro atoms. The number of carbonyl (C=O) groups excluding carboxylic acids is 2. The minimum atomic E-state index is -0.849. The van der Waals surface area contributed by atoms with Crippen molar-refractivity contribution in [1.82, 2.24) is 25.4 Å². The minimum Gasteiger partial charge on any atom is -0.506 e. The van der Waals surface area contributed by atoms with E-state index in [-0.39, 0.29) is 29.9 Å². The molecule has 59 heavy (non-hydrogen) atoms. The first-order chi connectivity index (χ1) is 28.8. The zero-order chi connectivity index (χ0) is 40.7. The molecule has 3 atom stereocenters. The van der Waals surface area contributed by atoms with Gasteiger partial charge in [0.1, 0.15) is 24.2 Å². The van der Waals surface area contributed by atoms with Crippen molar-refractivity contribution in [3.8, 4) is 11.5 Å². The van der Waals surface area contributed by atoms with Gasteiger partial charge in [-0.2, -0.15) is 0 Å². The van der Waals surface area contributed by atoms with Crippen molar-refractivity contribution in [3.63, 3.8) is 0 Å². The Morgan fingerprint density at radius 2 is 1.68 bits per heavy atom. The standard InChI is InChI=1S/C47H53N5O7/c53-40-18-16-38(39-17-19-43(55)49-45(39)40)41(54)27-48-22-5-23-52(28-31-10-11-31)46(56)35-14-12-32(13-15-35)30-58-37-9-4-8-36(26-37)44(34-6-2-1-3-7-34)50-47(57)59-42-29-51-24-20-33(42)21-25-51/h1-4,6-9,12-19,26,31,33,41-42,44,48,53-54H,5,10-11,20-25,27-30H2,(H,49,55)(H,50,57)/t41-,42-,44-/m0/s1. The number of aromatic amines is 1. The monoisotopic (exact) mass is 799 g/mol. The third-order valence-corrected chi connectivity index (χ3v) is 11.9. The molecule has 0 radical (unpaired) electrons. The highest BCUT2D eigenvalue weighted by molar-refractivity contribution is 5.94. The number of pyridine rings is 1. The number of phenols is 1. The van der Waals surface area contributed by atoms with Crippen LogP contribution in [0.1, 0.15) is 76.9 Å². The highest BCUT2D eigenvalue weighted by Crippen LogP contribution is 2.32. The first-order valence-electron chi connectivity index (χ1n) is 20.9. The number of nitrogens with zero attached hydrogens (tertiary/aromatic N) is 2. The number of ether oxygens (including phenoxy) is 2. The van der Waals surface area contributed by atoms with E-state index in [4.69, 9.17) is 9.47 Å². The van der Waals surface area contributed by atoms with E-state index in [1.54, 1.807) is 12.1 Å². The Hall–Kier alpha value is -5.69. The summed E-state index contributed by atoms with van der Waals surface area (Å²) in [4.78, 5) is 45.7. The van der Waals surface area contributed by atoms with E-state index >= 15 is 0 Å². The van der Waals surface area contributed by atoms with Crippen LogP contribution in [0.15, 0.2) is 108 Å². The Morgan fingerprint density at radius 1 is 0.898 bits per heavy atom. The van der Waals surface area contributed by atoms with E-state index in [9.17, 15) is 24.6 Å². The number of carbonyl (C=O) groups is 2. The zero-order valence-corrected chi connectivity index (χ0v) is 33.2. The van der Waals surface area contributed by atoms with E-state index in [2.05, 4.69) is 20.5 Å². The van der Waals surface area contributed by atoms with Crippen LogP contribution in [0.3, 0.4) is 0 Å². The largest absolute Gasteiger partial charge is 0.506 e. The normalized spacial score (nSPS) is 19.5. The van der Waals surface area contributed by atoms with Crippen molar-refractivity contribution in [1.29, 1.82) is 0 Å². The maximum atomic E-state index is 13.7. The number of H-pyrrole nitrogens is 1. The van der Waals surface area contributed by atoms with Crippen LogP contribution < -0.4 is 20.9 Å². The molecule has 1 aliphatic carbocycles. The number of piperidine rings is 3. The summed E-state index contributed by atoms with van der Waals surface area (Å²) < 4.78 is 12.2. The zero-order valence-electron chi connectivity index (χ0n) is 33.2. The first-order valence-corrected chi connectivity index (χ1v) is 20.9. The fourth-order valence-corrected chi connectivity index (χ4v) is 8.40. The van der Waals surface area contributed by atoms with Gasteiger partial charge in [-0.15, -0.1) is 0 Å². The molecular weight excluding hydrogens is 747 g/mol. The van der Waals surface area contributed by atoms with Crippen LogP contribution in [-0.2, 0) is 11.3 Å². The van der Waals surface area contributed by atoms with Crippen LogP contribution >= 0.6 is 0 Å². The highest BCUT2D eigenvalue weighted by atomic mass is 16.6. The molecule has 4 aromatic carbocycles. The summed E-state index contributed by atoms with van der Waals surface area (Å²) >= 11 is 0. The molecule has 2 bridgehead atoms. The van der Waals surface area contributed by atoms with Gasteiger partial charge >= 0.3 is 6.09 Å². The minimum absolute atomic E-state index is 0.00635. The number of hydrogen-bond donors (Lipinski definition) is 5. The first kappa shape index (κ1) is 40.1. The van der Waals surface area contributed by atoms with Crippen molar-refractivity contribution in [3.05, 3.63) is 141 Å². The van der Waals surface area contributed by atoms with Gasteiger partial charge in [-0.1, -0.05) is 60.7 Å². The molecule has 5 aromatic rings. The summed E-state index contributed by atoms with van der Waals surface area (Å²) in [7, 11) is 0. The Bertz CT molecular complexity index is 2270. The van der Waals surface area contributed by atoms with Crippen LogP contribution in [-0.4, -0.2) is 88.9 Å². The molecule has 4 fully saturated rings. The lowest BCUT2D eigenvalue weighted by molar-refractivity contribution is -0.0336. The summed E-state index contributed by atoms with van der Waals surface area (Å²) in [6.45, 7) is 5.45. The molecule has 12 heteroatoms. The second-order valence-electron chi connectivity index (χ2n) is 16.2. The molecule has 4 aliphatic rings. The molecule has 9 rings (SSSR count). The molecule has 4 heterocycles. The number of hydrogen-bond acceptors (Lipinski definition) is 9. The quantitative estimate of drug-likeness (QED) is 0.0683. The average molecular weight is 800 g/mol. The fourth-order valence-electron chi connectivity index (χ4n) is 8.40. The third-order valence-electron chi connectivity index (χ3n) is 11.9. The molecule has 2 amide bonds. The second kappa shape index (κ2) is 18.5. The molecule has 1 aromatic heterocycles. The number of phenolic OH excluding ortho intramolecular Hbond substituents is 1. The number of amides is 2. The van der Waals surface area contributed by atoms with E-state index in [0.29, 0.717) is 65.7 Å². The SMILES string of the molecule is O=C(N[C@@H](c1ccccc1)c1cccc(OCc2ccc(C(=O)N(CCCNC[C@H](O)c3ccc(O)c4[nH]c(=O)ccc34)CC3CC3)cc2)c1)O[C@H]1CN2CCC1CC2. The summed E-state index contributed by atoms with van der Waals surface area (Å²) in [6, 6.07) is 30.9. The number of aromatic nitrogens is 1. The van der Waals surface area contributed by atoms with E-state index < -0.39 is 18.2 Å². The van der Waals surface area contributed by atoms with Gasteiger partial charge in [0.2, 0.25) is 5.56 Å². The van der Waals surface area contributed by atoms with Crippen molar-refractivity contribution >= 4 is 22.9 Å². The van der Waals surface area contributed by atoms with Crippen LogP contribution in [0.5, 0.6) is 11.5 Å². The number of nitrogens with one attached hydrogen (secondary N) is 3. The number of aliphatic hydroxyl groups is 1. The van der Waals surface area contributed by atoms with Gasteiger partial charge in [0.25, 0.3) is 5.91 Å². The second-order valence-corrected chi connectivity index (χ2v) is 16.2. The number of alkyl carbamates (subject to hydrolysis) is 1. The number of aliphatic hydroxyl groups excluding tert-OH is 1. The van der Waals surface area contributed by atoms with Gasteiger partial charge in [0.15, 0.2) is 0 Å². The lowest BCUT2D eigenvalue weighted by atomic mass is 9.86. The number of fused-ring (bicyclic) bond motifs is 4. The van der Waals surface area contributed by atoms with Gasteiger partial charge in [-0.25, -0.2) is 4.79 Å². The molecule has 5 N–H and O–H groups in total. The van der Waals surface area contributed by atoms with Gasteiger partial charge in [0.05, 0.1) is 17.7 Å². The molecule has 1 saturated carbocycles. The van der Waals surface area contributed by atoms with Crippen molar-refractivity contribution in [2.75, 3.05) is 45.8 Å². The Kier molecular flexibility index (Phi) is 12.6. The maximum absolute atomic E-state index is 13.7. The summed E-state index contributed by atoms with van der Waals surface area (Å²) in [5, 5.41) is 28.1. The van der Waals surface area contributed by atoms with Crippen LogP contribution in [0, 0.1) is 11.8 Å². The van der Waals surface area contributed by atoms with Gasteiger partial charge in [0, 0.05) is 43.2 Å². The maximum Gasteiger partial charge on any atom is 0.408 e.